The molecule has 1 heterocycles. The van der Waals surface area contributed by atoms with Crippen LogP contribution in [0.2, 0.25) is 0 Å². The molecule has 0 saturated heterocycles. The molecule has 1 N–H and O–H groups in total. The van der Waals surface area contributed by atoms with E-state index >= 15 is 0 Å². The molecular formula is C19H15NO5. The Bertz CT molecular complexity index is 992. The molecule has 2 aromatic carbocycles. The van der Waals surface area contributed by atoms with E-state index in [1.165, 1.54) is 0 Å². The zero-order valence-corrected chi connectivity index (χ0v) is 13.4. The zero-order valence-electron chi connectivity index (χ0n) is 13.4. The first-order valence-corrected chi connectivity index (χ1v) is 7.70. The average molecular weight is 337 g/mol. The van der Waals surface area contributed by atoms with E-state index in [9.17, 15) is 14.4 Å². The van der Waals surface area contributed by atoms with E-state index in [2.05, 4.69) is 5.32 Å². The Hall–Kier alpha value is -3.41. The molecule has 0 aliphatic rings. The van der Waals surface area contributed by atoms with Crippen LogP contribution in [0.5, 0.6) is 0 Å². The first-order valence-electron chi connectivity index (χ1n) is 7.70. The highest BCUT2D eigenvalue weighted by Crippen LogP contribution is 2.23. The number of anilines is 1. The van der Waals surface area contributed by atoms with Gasteiger partial charge in [-0.1, -0.05) is 24.3 Å². The monoisotopic (exact) mass is 337 g/mol. The second kappa shape index (κ2) is 7.00. The summed E-state index contributed by atoms with van der Waals surface area (Å²) in [6.07, 6.45) is 0. The Labute approximate surface area is 143 Å². The van der Waals surface area contributed by atoms with Gasteiger partial charge in [0.2, 0.25) is 5.76 Å². The number of para-hydroxylation sites is 1. The van der Waals surface area contributed by atoms with Crippen LogP contribution in [-0.4, -0.2) is 18.5 Å². The molecule has 0 unspecified atom stereocenters. The maximum absolute atomic E-state index is 12.3. The number of amides is 1. The lowest BCUT2D eigenvalue weighted by Gasteiger charge is -2.09. The van der Waals surface area contributed by atoms with Crippen molar-refractivity contribution >= 4 is 28.5 Å². The Morgan fingerprint density at radius 3 is 2.56 bits per heavy atom. The van der Waals surface area contributed by atoms with Gasteiger partial charge in [0.25, 0.3) is 5.91 Å². The number of hydrogen-bond donors (Lipinski definition) is 1. The van der Waals surface area contributed by atoms with Gasteiger partial charge in [-0.2, -0.15) is 0 Å². The maximum Gasteiger partial charge on any atom is 0.374 e. The molecule has 0 atom stereocenters. The number of carbonyl (C=O) groups excluding carboxylic acids is 2. The summed E-state index contributed by atoms with van der Waals surface area (Å²) in [6, 6.07) is 14.5. The van der Waals surface area contributed by atoms with Gasteiger partial charge >= 0.3 is 5.97 Å². The molecule has 0 bridgehead atoms. The predicted molar refractivity (Wildman–Crippen MR) is 92.8 cm³/mol. The van der Waals surface area contributed by atoms with Crippen LogP contribution < -0.4 is 10.7 Å². The minimum Gasteiger partial charge on any atom is -0.460 e. The Kier molecular flexibility index (Phi) is 4.61. The van der Waals surface area contributed by atoms with E-state index in [0.717, 1.165) is 6.07 Å². The number of fused-ring (bicyclic) bond motifs is 1. The summed E-state index contributed by atoms with van der Waals surface area (Å²) >= 11 is 0. The van der Waals surface area contributed by atoms with Gasteiger partial charge in [0.05, 0.1) is 17.7 Å². The van der Waals surface area contributed by atoms with Crippen molar-refractivity contribution in [3.63, 3.8) is 0 Å². The lowest BCUT2D eigenvalue weighted by atomic mass is 10.1. The van der Waals surface area contributed by atoms with E-state index in [0.29, 0.717) is 11.3 Å². The van der Waals surface area contributed by atoms with E-state index in [4.69, 9.17) is 9.15 Å². The van der Waals surface area contributed by atoms with Crippen LogP contribution in [0, 0.1) is 0 Å². The third kappa shape index (κ3) is 3.42. The van der Waals surface area contributed by atoms with Gasteiger partial charge in [-0.05, 0) is 31.2 Å². The van der Waals surface area contributed by atoms with Crippen LogP contribution in [0.1, 0.15) is 27.8 Å². The SMILES string of the molecule is CCOC(=O)c1cc(=O)c2cccc(NC(=O)c3ccccc3)c2o1. The summed E-state index contributed by atoms with van der Waals surface area (Å²) in [7, 11) is 0. The largest absolute Gasteiger partial charge is 0.460 e. The fourth-order valence-corrected chi connectivity index (χ4v) is 2.36. The van der Waals surface area contributed by atoms with Crippen LogP contribution in [0.15, 0.2) is 63.8 Å². The highest BCUT2D eigenvalue weighted by molar-refractivity contribution is 6.08. The van der Waals surface area contributed by atoms with Crippen LogP contribution in [0.4, 0.5) is 5.69 Å². The van der Waals surface area contributed by atoms with E-state index < -0.39 is 5.97 Å². The average Bonchev–Trinajstić information content (AvgIpc) is 2.63. The number of esters is 1. The third-order valence-corrected chi connectivity index (χ3v) is 3.52. The van der Waals surface area contributed by atoms with E-state index in [-0.39, 0.29) is 34.7 Å². The maximum atomic E-state index is 12.3. The van der Waals surface area contributed by atoms with Crippen LogP contribution >= 0.6 is 0 Å². The van der Waals surface area contributed by atoms with Gasteiger partial charge in [-0.25, -0.2) is 4.79 Å². The highest BCUT2D eigenvalue weighted by Gasteiger charge is 2.16. The predicted octanol–water partition coefficient (Wildman–Crippen LogP) is 3.22. The van der Waals surface area contributed by atoms with Gasteiger partial charge in [-0.3, -0.25) is 9.59 Å². The standard InChI is InChI=1S/C19H15NO5/c1-2-24-19(23)16-11-15(21)13-9-6-10-14(17(13)25-16)20-18(22)12-7-4-3-5-8-12/h3-11H,2H2,1H3,(H,20,22). The van der Waals surface area contributed by atoms with Crippen molar-refractivity contribution in [2.75, 3.05) is 11.9 Å². The third-order valence-electron chi connectivity index (χ3n) is 3.52. The Balaban J connectivity index is 2.05. The van der Waals surface area contributed by atoms with Crippen LogP contribution in [0.3, 0.4) is 0 Å². The molecule has 6 nitrogen and oxygen atoms in total. The van der Waals surface area contributed by atoms with Crippen LogP contribution in [0.25, 0.3) is 11.0 Å². The van der Waals surface area contributed by atoms with Crippen molar-refractivity contribution in [3.05, 3.63) is 76.1 Å². The summed E-state index contributed by atoms with van der Waals surface area (Å²) in [5.74, 6) is -1.29. The van der Waals surface area contributed by atoms with Crippen molar-refractivity contribution in [3.8, 4) is 0 Å². The van der Waals surface area contributed by atoms with Gasteiger partial charge in [-0.15, -0.1) is 0 Å². The number of nitrogens with one attached hydrogen (secondary N) is 1. The quantitative estimate of drug-likeness (QED) is 0.739. The van der Waals surface area contributed by atoms with Crippen molar-refractivity contribution in [2.24, 2.45) is 0 Å². The molecule has 126 valence electrons. The number of hydrogen-bond acceptors (Lipinski definition) is 5. The smallest absolute Gasteiger partial charge is 0.374 e. The van der Waals surface area contributed by atoms with E-state index in [1.54, 1.807) is 55.5 Å². The molecule has 3 rings (SSSR count). The molecule has 0 aliphatic carbocycles. The molecular weight excluding hydrogens is 322 g/mol. The van der Waals surface area contributed by atoms with Crippen molar-refractivity contribution < 1.29 is 18.7 Å². The van der Waals surface area contributed by atoms with Gasteiger partial charge in [0.15, 0.2) is 11.0 Å². The normalized spacial score (nSPS) is 10.4. The summed E-state index contributed by atoms with van der Waals surface area (Å²) in [4.78, 5) is 36.4. The zero-order chi connectivity index (χ0) is 17.8. The summed E-state index contributed by atoms with van der Waals surface area (Å²) in [6.45, 7) is 1.82. The van der Waals surface area contributed by atoms with Crippen molar-refractivity contribution in [2.45, 2.75) is 6.92 Å². The molecule has 1 aromatic heterocycles. The molecule has 0 fully saturated rings. The topological polar surface area (TPSA) is 85.6 Å². The second-order valence-electron chi connectivity index (χ2n) is 5.20. The summed E-state index contributed by atoms with van der Waals surface area (Å²) in [5, 5.41) is 2.97. The van der Waals surface area contributed by atoms with Gasteiger partial charge in [0.1, 0.15) is 0 Å². The molecule has 0 radical (unpaired) electrons. The van der Waals surface area contributed by atoms with E-state index in [1.807, 2.05) is 0 Å². The molecule has 0 saturated carbocycles. The lowest BCUT2D eigenvalue weighted by Crippen LogP contribution is -2.14. The summed E-state index contributed by atoms with van der Waals surface area (Å²) < 4.78 is 10.4. The van der Waals surface area contributed by atoms with Crippen LogP contribution in [-0.2, 0) is 4.74 Å². The van der Waals surface area contributed by atoms with Gasteiger partial charge < -0.3 is 14.5 Å². The van der Waals surface area contributed by atoms with Gasteiger partial charge in [0, 0.05) is 11.6 Å². The minimum absolute atomic E-state index is 0.127. The molecule has 3 aromatic rings. The summed E-state index contributed by atoms with van der Waals surface area (Å²) in [5.41, 5.74) is 0.500. The molecule has 6 heteroatoms. The fraction of sp³-hybridized carbons (Fsp3) is 0.105. The lowest BCUT2D eigenvalue weighted by molar-refractivity contribution is 0.0490. The molecule has 1 amide bonds. The minimum atomic E-state index is -0.731. The number of rotatable bonds is 4. The Morgan fingerprint density at radius 2 is 1.84 bits per heavy atom. The van der Waals surface area contributed by atoms with Crippen molar-refractivity contribution in [1.29, 1.82) is 0 Å². The number of benzene rings is 2. The second-order valence-corrected chi connectivity index (χ2v) is 5.20. The van der Waals surface area contributed by atoms with Crippen molar-refractivity contribution in [1.82, 2.24) is 0 Å². The molecule has 0 spiro atoms. The Morgan fingerprint density at radius 1 is 1.08 bits per heavy atom. The molecule has 25 heavy (non-hydrogen) atoms. The fourth-order valence-electron chi connectivity index (χ4n) is 2.36. The highest BCUT2D eigenvalue weighted by atomic mass is 16.5. The first kappa shape index (κ1) is 16.4. The number of ether oxygens (including phenoxy) is 1. The first-order chi connectivity index (χ1) is 12.1. The molecule has 0 aliphatic heterocycles. The number of carbonyl (C=O) groups is 2.